The average Bonchev–Trinajstić information content (AvgIpc) is 2.76. The highest BCUT2D eigenvalue weighted by Crippen LogP contribution is 2.36. The molecule has 1 aliphatic heterocycles. The van der Waals surface area contributed by atoms with Crippen molar-refractivity contribution in [3.8, 4) is 0 Å². The smallest absolute Gasteiger partial charge is 0.227 e. The fraction of sp³-hybridized carbons (Fsp3) is 0.917. The summed E-state index contributed by atoms with van der Waals surface area (Å²) in [5, 5.41) is 6.46. The van der Waals surface area contributed by atoms with Gasteiger partial charge >= 0.3 is 0 Å². The Morgan fingerprint density at radius 3 is 2.88 bits per heavy atom. The molecule has 1 saturated carbocycles. The molecule has 4 heteroatoms. The van der Waals surface area contributed by atoms with Crippen molar-refractivity contribution in [1.29, 1.82) is 0 Å². The minimum absolute atomic E-state index is 0. The number of hydrogen-bond acceptors (Lipinski definition) is 2. The lowest BCUT2D eigenvalue weighted by Crippen LogP contribution is -2.41. The molecule has 2 fully saturated rings. The molecule has 16 heavy (non-hydrogen) atoms. The highest BCUT2D eigenvalue weighted by molar-refractivity contribution is 5.85. The molecule has 1 heterocycles. The SMILES string of the molecule is CCCC1CC1NC(=O)C1(C)CCNC1.Cl. The van der Waals surface area contributed by atoms with Crippen molar-refractivity contribution in [2.45, 2.75) is 45.6 Å². The van der Waals surface area contributed by atoms with E-state index >= 15 is 0 Å². The second kappa shape index (κ2) is 5.37. The van der Waals surface area contributed by atoms with Gasteiger partial charge < -0.3 is 10.6 Å². The number of halogens is 1. The van der Waals surface area contributed by atoms with Crippen LogP contribution in [0.4, 0.5) is 0 Å². The van der Waals surface area contributed by atoms with Gasteiger partial charge in [0, 0.05) is 12.6 Å². The summed E-state index contributed by atoms with van der Waals surface area (Å²) in [6.45, 7) is 6.09. The number of carbonyl (C=O) groups is 1. The molecule has 1 aliphatic carbocycles. The third-order valence-corrected chi connectivity index (χ3v) is 3.82. The summed E-state index contributed by atoms with van der Waals surface area (Å²) in [7, 11) is 0. The molecule has 3 nitrogen and oxygen atoms in total. The number of nitrogens with one attached hydrogen (secondary N) is 2. The van der Waals surface area contributed by atoms with Gasteiger partial charge in [0.1, 0.15) is 0 Å². The zero-order chi connectivity index (χ0) is 10.9. The number of rotatable bonds is 4. The molecule has 0 spiro atoms. The largest absolute Gasteiger partial charge is 0.353 e. The molecule has 2 aliphatic rings. The molecular weight excluding hydrogens is 224 g/mol. The Morgan fingerprint density at radius 1 is 1.56 bits per heavy atom. The van der Waals surface area contributed by atoms with E-state index in [1.807, 2.05) is 0 Å². The standard InChI is InChI=1S/C12H22N2O.ClH/c1-3-4-9-7-10(9)14-11(15)12(2)5-6-13-8-12;/h9-10,13H,3-8H2,1-2H3,(H,14,15);1H. The van der Waals surface area contributed by atoms with Crippen molar-refractivity contribution in [3.63, 3.8) is 0 Å². The first kappa shape index (κ1) is 13.8. The van der Waals surface area contributed by atoms with E-state index < -0.39 is 0 Å². The first-order valence-electron chi connectivity index (χ1n) is 6.17. The van der Waals surface area contributed by atoms with E-state index in [1.165, 1.54) is 19.3 Å². The molecule has 1 saturated heterocycles. The summed E-state index contributed by atoms with van der Waals surface area (Å²) < 4.78 is 0. The molecule has 0 aromatic rings. The lowest BCUT2D eigenvalue weighted by atomic mass is 9.89. The fourth-order valence-corrected chi connectivity index (χ4v) is 2.47. The van der Waals surface area contributed by atoms with Gasteiger partial charge in [-0.3, -0.25) is 4.79 Å². The van der Waals surface area contributed by atoms with E-state index in [9.17, 15) is 4.79 Å². The van der Waals surface area contributed by atoms with Crippen LogP contribution in [-0.4, -0.2) is 25.0 Å². The second-order valence-electron chi connectivity index (χ2n) is 5.35. The molecule has 2 rings (SSSR count). The number of amides is 1. The highest BCUT2D eigenvalue weighted by Gasteiger charge is 2.42. The van der Waals surface area contributed by atoms with E-state index in [1.54, 1.807) is 0 Å². The summed E-state index contributed by atoms with van der Waals surface area (Å²) in [4.78, 5) is 12.0. The Bertz CT molecular complexity index is 251. The van der Waals surface area contributed by atoms with Crippen molar-refractivity contribution in [2.75, 3.05) is 13.1 Å². The monoisotopic (exact) mass is 246 g/mol. The minimum atomic E-state index is -0.153. The predicted octanol–water partition coefficient (Wildman–Crippen LogP) is 1.71. The lowest BCUT2D eigenvalue weighted by molar-refractivity contribution is -0.129. The van der Waals surface area contributed by atoms with Crippen LogP contribution in [0, 0.1) is 11.3 Å². The summed E-state index contributed by atoms with van der Waals surface area (Å²) in [5.41, 5.74) is -0.153. The summed E-state index contributed by atoms with van der Waals surface area (Å²) in [6, 6.07) is 0.481. The average molecular weight is 247 g/mol. The molecule has 94 valence electrons. The van der Waals surface area contributed by atoms with Gasteiger partial charge in [0.05, 0.1) is 5.41 Å². The maximum absolute atomic E-state index is 12.0. The zero-order valence-electron chi connectivity index (χ0n) is 10.2. The highest BCUT2D eigenvalue weighted by atomic mass is 35.5. The van der Waals surface area contributed by atoms with Crippen LogP contribution in [0.15, 0.2) is 0 Å². The van der Waals surface area contributed by atoms with E-state index in [2.05, 4.69) is 24.5 Å². The van der Waals surface area contributed by atoms with Gasteiger partial charge in [-0.05, 0) is 38.6 Å². The van der Waals surface area contributed by atoms with Gasteiger partial charge in [0.15, 0.2) is 0 Å². The molecule has 0 aromatic heterocycles. The van der Waals surface area contributed by atoms with E-state index in [4.69, 9.17) is 0 Å². The minimum Gasteiger partial charge on any atom is -0.353 e. The maximum atomic E-state index is 12.0. The Morgan fingerprint density at radius 2 is 2.31 bits per heavy atom. The van der Waals surface area contributed by atoms with Crippen LogP contribution in [0.1, 0.15) is 39.5 Å². The fourth-order valence-electron chi connectivity index (χ4n) is 2.47. The normalized spacial score (nSPS) is 36.6. The van der Waals surface area contributed by atoms with Gasteiger partial charge in [0.2, 0.25) is 5.91 Å². The molecule has 1 amide bonds. The molecule has 0 bridgehead atoms. The molecule has 0 radical (unpaired) electrons. The van der Waals surface area contributed by atoms with Gasteiger partial charge in [-0.15, -0.1) is 12.4 Å². The predicted molar refractivity (Wildman–Crippen MR) is 67.8 cm³/mol. The van der Waals surface area contributed by atoms with Crippen molar-refractivity contribution < 1.29 is 4.79 Å². The van der Waals surface area contributed by atoms with Crippen molar-refractivity contribution >= 4 is 18.3 Å². The number of hydrogen-bond donors (Lipinski definition) is 2. The van der Waals surface area contributed by atoms with E-state index in [0.29, 0.717) is 6.04 Å². The summed E-state index contributed by atoms with van der Waals surface area (Å²) >= 11 is 0. The van der Waals surface area contributed by atoms with Gasteiger partial charge in [0.25, 0.3) is 0 Å². The summed E-state index contributed by atoms with van der Waals surface area (Å²) in [6.07, 6.45) is 4.67. The first-order chi connectivity index (χ1) is 7.15. The first-order valence-corrected chi connectivity index (χ1v) is 6.17. The Labute approximate surface area is 104 Å². The third kappa shape index (κ3) is 2.89. The molecular formula is C12H23ClN2O. The van der Waals surface area contributed by atoms with Crippen LogP contribution in [0.3, 0.4) is 0 Å². The van der Waals surface area contributed by atoms with Crippen LogP contribution >= 0.6 is 12.4 Å². The Hall–Kier alpha value is -0.280. The Kier molecular flexibility index (Phi) is 4.62. The van der Waals surface area contributed by atoms with Gasteiger partial charge in [-0.25, -0.2) is 0 Å². The van der Waals surface area contributed by atoms with E-state index in [-0.39, 0.29) is 23.7 Å². The van der Waals surface area contributed by atoms with Crippen LogP contribution < -0.4 is 10.6 Å². The van der Waals surface area contributed by atoms with Gasteiger partial charge in [-0.1, -0.05) is 13.3 Å². The van der Waals surface area contributed by atoms with E-state index in [0.717, 1.165) is 25.4 Å². The molecule has 3 unspecified atom stereocenters. The van der Waals surface area contributed by atoms with Gasteiger partial charge in [-0.2, -0.15) is 0 Å². The summed E-state index contributed by atoms with van der Waals surface area (Å²) in [5.74, 6) is 1.02. The van der Waals surface area contributed by atoms with Crippen LogP contribution in [0.25, 0.3) is 0 Å². The maximum Gasteiger partial charge on any atom is 0.227 e. The second-order valence-corrected chi connectivity index (χ2v) is 5.35. The Balaban J connectivity index is 0.00000128. The lowest BCUT2D eigenvalue weighted by Gasteiger charge is -2.21. The zero-order valence-corrected chi connectivity index (χ0v) is 11.0. The van der Waals surface area contributed by atoms with Crippen molar-refractivity contribution in [1.82, 2.24) is 10.6 Å². The topological polar surface area (TPSA) is 41.1 Å². The quantitative estimate of drug-likeness (QED) is 0.793. The van der Waals surface area contributed by atoms with Crippen LogP contribution in [0.2, 0.25) is 0 Å². The van der Waals surface area contributed by atoms with Crippen LogP contribution in [0.5, 0.6) is 0 Å². The molecule has 2 N–H and O–H groups in total. The molecule has 3 atom stereocenters. The number of carbonyl (C=O) groups excluding carboxylic acids is 1. The van der Waals surface area contributed by atoms with Crippen molar-refractivity contribution in [2.24, 2.45) is 11.3 Å². The van der Waals surface area contributed by atoms with Crippen LogP contribution in [-0.2, 0) is 4.79 Å². The molecule has 0 aromatic carbocycles. The third-order valence-electron chi connectivity index (χ3n) is 3.82. The van der Waals surface area contributed by atoms with Crippen molar-refractivity contribution in [3.05, 3.63) is 0 Å².